The number of carbonyl (C=O) groups is 1. The number of rotatable bonds is 4. The van der Waals surface area contributed by atoms with Gasteiger partial charge in [-0.25, -0.2) is 4.79 Å². The van der Waals surface area contributed by atoms with Crippen LogP contribution in [0.5, 0.6) is 11.5 Å². The van der Waals surface area contributed by atoms with Gasteiger partial charge in [-0.2, -0.15) is 0 Å². The number of carboxylic acid groups (broad SMARTS) is 1. The molecule has 1 saturated heterocycles. The van der Waals surface area contributed by atoms with E-state index < -0.39 is 11.4 Å². The smallest absolute Gasteiger partial charge is 0.341 e. The van der Waals surface area contributed by atoms with Crippen LogP contribution in [0.15, 0.2) is 29.2 Å². The number of unbranched alkanes of at least 4 members (excludes halogenated alkanes) is 1. The zero-order valence-corrected chi connectivity index (χ0v) is 17.0. The Kier molecular flexibility index (Phi) is 4.58. The van der Waals surface area contributed by atoms with Gasteiger partial charge in [0.25, 0.3) is 0 Å². The lowest BCUT2D eigenvalue weighted by Gasteiger charge is -2.38. The van der Waals surface area contributed by atoms with Crippen LogP contribution in [0.25, 0.3) is 11.3 Å². The molecular formula is C23H25NO6. The number of hydrogen-bond donors (Lipinski definition) is 1. The number of ether oxygens (including phenoxy) is 3. The van der Waals surface area contributed by atoms with Crippen molar-refractivity contribution < 1.29 is 24.1 Å². The minimum Gasteiger partial charge on any atom is -0.489 e. The van der Waals surface area contributed by atoms with Gasteiger partial charge in [0.1, 0.15) is 18.8 Å². The van der Waals surface area contributed by atoms with Crippen molar-refractivity contribution in [2.75, 3.05) is 26.4 Å². The van der Waals surface area contributed by atoms with E-state index in [1.807, 2.05) is 16.7 Å². The Morgan fingerprint density at radius 1 is 1.17 bits per heavy atom. The summed E-state index contributed by atoms with van der Waals surface area (Å²) >= 11 is 0. The minimum absolute atomic E-state index is 0.0889. The zero-order chi connectivity index (χ0) is 20.9. The molecule has 1 fully saturated rings. The lowest BCUT2D eigenvalue weighted by Crippen LogP contribution is -2.50. The van der Waals surface area contributed by atoms with E-state index in [-0.39, 0.29) is 17.0 Å². The SMILES string of the molecule is CCCCC1Cc2cc3c(cc2-c2cc(=O)c(C(=O)O)cn21)OCC1(COC1)CO3. The van der Waals surface area contributed by atoms with Gasteiger partial charge in [0.2, 0.25) is 0 Å². The van der Waals surface area contributed by atoms with Crippen LogP contribution in [0.1, 0.15) is 48.1 Å². The van der Waals surface area contributed by atoms with Crippen LogP contribution in [0.3, 0.4) is 0 Å². The summed E-state index contributed by atoms with van der Waals surface area (Å²) in [7, 11) is 0. The van der Waals surface area contributed by atoms with E-state index in [9.17, 15) is 14.7 Å². The normalized spacial score (nSPS) is 20.6. The fraction of sp³-hybridized carbons (Fsp3) is 0.478. The van der Waals surface area contributed by atoms with Crippen LogP contribution >= 0.6 is 0 Å². The Hall–Kier alpha value is -2.80. The third-order valence-corrected chi connectivity index (χ3v) is 6.38. The molecule has 30 heavy (non-hydrogen) atoms. The lowest BCUT2D eigenvalue weighted by atomic mass is 9.88. The van der Waals surface area contributed by atoms with Gasteiger partial charge >= 0.3 is 5.97 Å². The van der Waals surface area contributed by atoms with Crippen LogP contribution in [-0.4, -0.2) is 42.1 Å². The number of carboxylic acids is 1. The van der Waals surface area contributed by atoms with Crippen molar-refractivity contribution in [3.8, 4) is 22.8 Å². The maximum Gasteiger partial charge on any atom is 0.341 e. The van der Waals surface area contributed by atoms with E-state index in [4.69, 9.17) is 14.2 Å². The highest BCUT2D eigenvalue weighted by Gasteiger charge is 2.43. The summed E-state index contributed by atoms with van der Waals surface area (Å²) < 4.78 is 19.5. The highest BCUT2D eigenvalue weighted by molar-refractivity contribution is 5.87. The molecule has 7 nitrogen and oxygen atoms in total. The first-order valence-corrected chi connectivity index (χ1v) is 10.5. The van der Waals surface area contributed by atoms with Gasteiger partial charge < -0.3 is 23.9 Å². The summed E-state index contributed by atoms with van der Waals surface area (Å²) in [5.41, 5.74) is 1.99. The van der Waals surface area contributed by atoms with Crippen molar-refractivity contribution in [1.29, 1.82) is 0 Å². The summed E-state index contributed by atoms with van der Waals surface area (Å²) in [6.07, 6.45) is 5.26. The average molecular weight is 411 g/mol. The first kappa shape index (κ1) is 19.2. The summed E-state index contributed by atoms with van der Waals surface area (Å²) in [5.74, 6) is 0.192. The van der Waals surface area contributed by atoms with E-state index in [0.717, 1.165) is 48.3 Å². The molecule has 0 amide bonds. The molecule has 3 aliphatic rings. The van der Waals surface area contributed by atoms with E-state index >= 15 is 0 Å². The molecule has 1 N–H and O–H groups in total. The third kappa shape index (κ3) is 3.08. The molecule has 0 aliphatic carbocycles. The van der Waals surface area contributed by atoms with Gasteiger partial charge in [-0.15, -0.1) is 0 Å². The van der Waals surface area contributed by atoms with E-state index in [2.05, 4.69) is 6.92 Å². The molecule has 0 saturated carbocycles. The zero-order valence-electron chi connectivity index (χ0n) is 17.0. The molecule has 1 aromatic carbocycles. The molecule has 1 aromatic heterocycles. The highest BCUT2D eigenvalue weighted by atomic mass is 16.6. The molecule has 158 valence electrons. The fourth-order valence-electron chi connectivity index (χ4n) is 4.56. The largest absolute Gasteiger partial charge is 0.489 e. The first-order valence-electron chi connectivity index (χ1n) is 10.5. The molecule has 1 spiro atoms. The molecule has 1 unspecified atom stereocenters. The van der Waals surface area contributed by atoms with Crippen molar-refractivity contribution in [3.05, 3.63) is 45.7 Å². The number of benzene rings is 1. The molecule has 1 atom stereocenters. The average Bonchev–Trinajstić information content (AvgIpc) is 2.89. The Labute approximate surface area is 174 Å². The first-order chi connectivity index (χ1) is 14.5. The van der Waals surface area contributed by atoms with Gasteiger partial charge in [0.15, 0.2) is 16.9 Å². The van der Waals surface area contributed by atoms with Crippen LogP contribution in [0.2, 0.25) is 0 Å². The molecule has 0 bridgehead atoms. The number of hydrogen-bond acceptors (Lipinski definition) is 5. The van der Waals surface area contributed by atoms with Crippen molar-refractivity contribution in [2.45, 2.75) is 38.6 Å². The van der Waals surface area contributed by atoms with Gasteiger partial charge in [-0.1, -0.05) is 19.8 Å². The maximum absolute atomic E-state index is 12.5. The Morgan fingerprint density at radius 2 is 1.90 bits per heavy atom. The van der Waals surface area contributed by atoms with Crippen LogP contribution in [0.4, 0.5) is 0 Å². The molecule has 4 heterocycles. The van der Waals surface area contributed by atoms with E-state index in [0.29, 0.717) is 32.2 Å². The molecule has 0 radical (unpaired) electrons. The molecule has 3 aliphatic heterocycles. The van der Waals surface area contributed by atoms with Crippen molar-refractivity contribution >= 4 is 5.97 Å². The lowest BCUT2D eigenvalue weighted by molar-refractivity contribution is -0.143. The number of aromatic nitrogens is 1. The third-order valence-electron chi connectivity index (χ3n) is 6.38. The standard InChI is InChI=1S/C23H25NO6/c1-2-3-4-15-5-14-6-20-21(30-13-23(12-29-20)10-28-11-23)7-16(14)18-8-19(25)17(22(26)27)9-24(15)18/h6-9,15H,2-5,10-13H2,1H3,(H,26,27). The van der Waals surface area contributed by atoms with Gasteiger partial charge in [0, 0.05) is 23.9 Å². The van der Waals surface area contributed by atoms with Gasteiger partial charge in [-0.05, 0) is 30.5 Å². The molecule has 7 heteroatoms. The number of fused-ring (bicyclic) bond motifs is 4. The predicted octanol–water partition coefficient (Wildman–Crippen LogP) is 3.29. The Bertz CT molecular complexity index is 1070. The van der Waals surface area contributed by atoms with Crippen LogP contribution in [-0.2, 0) is 11.2 Å². The monoisotopic (exact) mass is 411 g/mol. The fourth-order valence-corrected chi connectivity index (χ4v) is 4.56. The quantitative estimate of drug-likeness (QED) is 0.831. The number of aromatic carboxylic acids is 1. The predicted molar refractivity (Wildman–Crippen MR) is 110 cm³/mol. The van der Waals surface area contributed by atoms with Gasteiger partial charge in [0.05, 0.1) is 24.3 Å². The summed E-state index contributed by atoms with van der Waals surface area (Å²) in [5, 5.41) is 9.43. The van der Waals surface area contributed by atoms with E-state index in [1.54, 1.807) is 0 Å². The maximum atomic E-state index is 12.5. The van der Waals surface area contributed by atoms with Crippen molar-refractivity contribution in [3.63, 3.8) is 0 Å². The Balaban J connectivity index is 1.60. The summed E-state index contributed by atoms with van der Waals surface area (Å²) in [4.78, 5) is 24.0. The van der Waals surface area contributed by atoms with Crippen LogP contribution < -0.4 is 14.9 Å². The second kappa shape index (κ2) is 7.16. The summed E-state index contributed by atoms with van der Waals surface area (Å²) in [6.45, 7) is 4.50. The second-order valence-corrected chi connectivity index (χ2v) is 8.68. The second-order valence-electron chi connectivity index (χ2n) is 8.68. The Morgan fingerprint density at radius 3 is 2.53 bits per heavy atom. The highest BCUT2D eigenvalue weighted by Crippen LogP contribution is 2.44. The number of pyridine rings is 1. The summed E-state index contributed by atoms with van der Waals surface area (Å²) in [6, 6.07) is 5.51. The van der Waals surface area contributed by atoms with Crippen molar-refractivity contribution in [1.82, 2.24) is 4.57 Å². The molecule has 2 aromatic rings. The van der Waals surface area contributed by atoms with Crippen molar-refractivity contribution in [2.24, 2.45) is 5.41 Å². The molecule has 5 rings (SSSR count). The molecular weight excluding hydrogens is 386 g/mol. The minimum atomic E-state index is -1.19. The van der Waals surface area contributed by atoms with Gasteiger partial charge in [-0.3, -0.25) is 4.79 Å². The van der Waals surface area contributed by atoms with Crippen LogP contribution in [0, 0.1) is 5.41 Å². The van der Waals surface area contributed by atoms with E-state index in [1.165, 1.54) is 12.3 Å². The number of nitrogens with zero attached hydrogens (tertiary/aromatic N) is 1. The topological polar surface area (TPSA) is 87.0 Å².